The van der Waals surface area contributed by atoms with Gasteiger partial charge in [0.15, 0.2) is 0 Å². The summed E-state index contributed by atoms with van der Waals surface area (Å²) in [5, 5.41) is 0.655. The van der Waals surface area contributed by atoms with Crippen LogP contribution >= 0.6 is 11.6 Å². The van der Waals surface area contributed by atoms with E-state index in [1.807, 2.05) is 6.07 Å². The van der Waals surface area contributed by atoms with Crippen molar-refractivity contribution in [1.82, 2.24) is 4.57 Å². The molecule has 2 nitrogen and oxygen atoms in total. The molecule has 1 aromatic carbocycles. The Morgan fingerprint density at radius 2 is 1.88 bits per heavy atom. The van der Waals surface area contributed by atoms with E-state index in [0.717, 1.165) is 25.1 Å². The van der Waals surface area contributed by atoms with Crippen LogP contribution in [0.3, 0.4) is 0 Å². The normalized spacial score (nSPS) is 13.7. The predicted molar refractivity (Wildman–Crippen MR) is 67.6 cm³/mol. The zero-order valence-corrected chi connectivity index (χ0v) is 10.1. The van der Waals surface area contributed by atoms with Gasteiger partial charge in [-0.1, -0.05) is 11.6 Å². The minimum absolute atomic E-state index is 0.0785. The Bertz CT molecular complexity index is 568. The Morgan fingerprint density at radius 3 is 2.65 bits per heavy atom. The molecule has 0 N–H and O–H groups in total. The largest absolute Gasteiger partial charge is 0.342 e. The maximum atomic E-state index is 12.3. The summed E-state index contributed by atoms with van der Waals surface area (Å²) >= 11 is 5.82. The van der Waals surface area contributed by atoms with Crippen molar-refractivity contribution in [3.63, 3.8) is 0 Å². The minimum Gasteiger partial charge on any atom is -0.342 e. The average Bonchev–Trinajstić information content (AvgIpc) is 2.90. The number of benzene rings is 1. The van der Waals surface area contributed by atoms with Gasteiger partial charge in [0.25, 0.3) is 0 Å². The fraction of sp³-hybridized carbons (Fsp3) is 0.214. The highest BCUT2D eigenvalue weighted by Gasteiger charge is 2.19. The molecule has 0 unspecified atom stereocenters. The van der Waals surface area contributed by atoms with Crippen LogP contribution in [0.5, 0.6) is 0 Å². The molecule has 0 radical (unpaired) electrons. The van der Waals surface area contributed by atoms with Gasteiger partial charge in [-0.25, -0.2) is 0 Å². The van der Waals surface area contributed by atoms with E-state index in [1.54, 1.807) is 24.3 Å². The van der Waals surface area contributed by atoms with E-state index in [9.17, 15) is 4.79 Å². The summed E-state index contributed by atoms with van der Waals surface area (Å²) in [4.78, 5) is 12.3. The molecular weight excluding hydrogens is 234 g/mol. The highest BCUT2D eigenvalue weighted by molar-refractivity contribution is 6.30. The van der Waals surface area contributed by atoms with Crippen molar-refractivity contribution in [3.05, 3.63) is 58.4 Å². The van der Waals surface area contributed by atoms with Gasteiger partial charge in [-0.05, 0) is 49.2 Å². The van der Waals surface area contributed by atoms with E-state index in [1.165, 1.54) is 5.69 Å². The number of aromatic nitrogens is 1. The van der Waals surface area contributed by atoms with Crippen LogP contribution in [0.4, 0.5) is 0 Å². The van der Waals surface area contributed by atoms with Gasteiger partial charge >= 0.3 is 0 Å². The van der Waals surface area contributed by atoms with Crippen LogP contribution in [0.15, 0.2) is 36.4 Å². The lowest BCUT2D eigenvalue weighted by Crippen LogP contribution is -2.08. The standard InChI is InChI=1S/C14H12ClNO/c15-11-5-3-10(4-6-11)14(17)13-8-7-12-2-1-9-16(12)13/h3-8H,1-2,9H2. The van der Waals surface area contributed by atoms with E-state index in [4.69, 9.17) is 11.6 Å². The van der Waals surface area contributed by atoms with E-state index < -0.39 is 0 Å². The number of nitrogens with zero attached hydrogens (tertiary/aromatic N) is 1. The van der Waals surface area contributed by atoms with Crippen molar-refractivity contribution in [2.24, 2.45) is 0 Å². The Labute approximate surface area is 105 Å². The molecule has 0 spiro atoms. The molecule has 0 fully saturated rings. The van der Waals surface area contributed by atoms with Crippen LogP contribution in [0.2, 0.25) is 5.02 Å². The monoisotopic (exact) mass is 245 g/mol. The second-order valence-electron chi connectivity index (χ2n) is 4.30. The summed E-state index contributed by atoms with van der Waals surface area (Å²) in [5.41, 5.74) is 2.75. The highest BCUT2D eigenvalue weighted by Crippen LogP contribution is 2.21. The van der Waals surface area contributed by atoms with Gasteiger partial charge in [0, 0.05) is 22.8 Å². The Hall–Kier alpha value is -1.54. The van der Waals surface area contributed by atoms with E-state index in [2.05, 4.69) is 10.6 Å². The molecule has 3 heteroatoms. The average molecular weight is 246 g/mol. The van der Waals surface area contributed by atoms with Crippen LogP contribution < -0.4 is 0 Å². The van der Waals surface area contributed by atoms with Gasteiger partial charge in [-0.2, -0.15) is 0 Å². The van der Waals surface area contributed by atoms with E-state index >= 15 is 0 Å². The third kappa shape index (κ3) is 1.79. The van der Waals surface area contributed by atoms with Crippen LogP contribution in [-0.4, -0.2) is 10.4 Å². The molecule has 0 saturated heterocycles. The SMILES string of the molecule is O=C(c1ccc(Cl)cc1)c1ccc2n1CCC2. The molecule has 0 saturated carbocycles. The first-order valence-electron chi connectivity index (χ1n) is 5.74. The minimum atomic E-state index is 0.0785. The Kier molecular flexibility index (Phi) is 2.52. The number of carbonyl (C=O) groups is 1. The van der Waals surface area contributed by atoms with Crippen LogP contribution in [0, 0.1) is 0 Å². The fourth-order valence-electron chi connectivity index (χ4n) is 2.36. The van der Waals surface area contributed by atoms with E-state index in [-0.39, 0.29) is 5.78 Å². The maximum Gasteiger partial charge on any atom is 0.209 e. The third-order valence-corrected chi connectivity index (χ3v) is 3.48. The molecule has 0 amide bonds. The molecule has 2 aromatic rings. The highest BCUT2D eigenvalue weighted by atomic mass is 35.5. The molecule has 0 bridgehead atoms. The molecule has 1 aliphatic rings. The van der Waals surface area contributed by atoms with Crippen molar-refractivity contribution < 1.29 is 4.79 Å². The fourth-order valence-corrected chi connectivity index (χ4v) is 2.48. The number of hydrogen-bond donors (Lipinski definition) is 0. The zero-order chi connectivity index (χ0) is 11.8. The first kappa shape index (κ1) is 10.6. The Morgan fingerprint density at radius 1 is 1.12 bits per heavy atom. The van der Waals surface area contributed by atoms with Gasteiger partial charge in [-0.15, -0.1) is 0 Å². The van der Waals surface area contributed by atoms with E-state index in [0.29, 0.717) is 10.6 Å². The second kappa shape index (κ2) is 4.04. The molecule has 1 aliphatic heterocycles. The number of aryl methyl sites for hydroxylation is 1. The van der Waals surface area contributed by atoms with Gasteiger partial charge in [-0.3, -0.25) is 4.79 Å². The molecular formula is C14H12ClNO. The van der Waals surface area contributed by atoms with Crippen LogP contribution in [0.1, 0.15) is 28.2 Å². The van der Waals surface area contributed by atoms with Crippen LogP contribution in [0.25, 0.3) is 0 Å². The summed E-state index contributed by atoms with van der Waals surface area (Å²) in [6.45, 7) is 0.955. The number of ketones is 1. The number of carbonyl (C=O) groups excluding carboxylic acids is 1. The number of rotatable bonds is 2. The first-order chi connectivity index (χ1) is 8.25. The second-order valence-corrected chi connectivity index (χ2v) is 4.74. The molecule has 3 rings (SSSR count). The Balaban J connectivity index is 1.99. The van der Waals surface area contributed by atoms with Crippen molar-refractivity contribution in [3.8, 4) is 0 Å². The molecule has 1 aromatic heterocycles. The summed E-state index contributed by atoms with van der Waals surface area (Å²) < 4.78 is 2.12. The van der Waals surface area contributed by atoms with Crippen molar-refractivity contribution in [1.29, 1.82) is 0 Å². The maximum absolute atomic E-state index is 12.3. The quantitative estimate of drug-likeness (QED) is 0.744. The molecule has 2 heterocycles. The van der Waals surface area contributed by atoms with Crippen LogP contribution in [-0.2, 0) is 13.0 Å². The number of fused-ring (bicyclic) bond motifs is 1. The number of hydrogen-bond acceptors (Lipinski definition) is 1. The van der Waals surface area contributed by atoms with Gasteiger partial charge in [0.05, 0.1) is 5.69 Å². The smallest absolute Gasteiger partial charge is 0.209 e. The lowest BCUT2D eigenvalue weighted by atomic mass is 10.1. The lowest BCUT2D eigenvalue weighted by molar-refractivity contribution is 0.103. The molecule has 0 aliphatic carbocycles. The van der Waals surface area contributed by atoms with Gasteiger partial charge in [0.2, 0.25) is 5.78 Å². The lowest BCUT2D eigenvalue weighted by Gasteiger charge is -2.05. The topological polar surface area (TPSA) is 22.0 Å². The van der Waals surface area contributed by atoms with Crippen molar-refractivity contribution in [2.45, 2.75) is 19.4 Å². The summed E-state index contributed by atoms with van der Waals surface area (Å²) in [7, 11) is 0. The summed E-state index contributed by atoms with van der Waals surface area (Å²) in [5.74, 6) is 0.0785. The van der Waals surface area contributed by atoms with Gasteiger partial charge < -0.3 is 4.57 Å². The van der Waals surface area contributed by atoms with Gasteiger partial charge in [0.1, 0.15) is 0 Å². The summed E-state index contributed by atoms with van der Waals surface area (Å²) in [6.07, 6.45) is 2.21. The van der Waals surface area contributed by atoms with Crippen molar-refractivity contribution in [2.75, 3.05) is 0 Å². The molecule has 86 valence electrons. The first-order valence-corrected chi connectivity index (χ1v) is 6.12. The molecule has 0 atom stereocenters. The summed E-state index contributed by atoms with van der Waals surface area (Å²) in [6, 6.07) is 11.0. The third-order valence-electron chi connectivity index (χ3n) is 3.22. The number of halogens is 1. The molecule has 17 heavy (non-hydrogen) atoms. The van der Waals surface area contributed by atoms with Crippen molar-refractivity contribution >= 4 is 17.4 Å². The zero-order valence-electron chi connectivity index (χ0n) is 9.32. The predicted octanol–water partition coefficient (Wildman–Crippen LogP) is 3.32.